The van der Waals surface area contributed by atoms with Gasteiger partial charge in [-0.1, -0.05) is 18.2 Å². The first-order chi connectivity index (χ1) is 11.0. The van der Waals surface area contributed by atoms with Gasteiger partial charge >= 0.3 is 0 Å². The number of hydrogen-bond donors (Lipinski definition) is 2. The van der Waals surface area contributed by atoms with Gasteiger partial charge in [0, 0.05) is 11.3 Å². The molecular formula is C16H14N2O4S. The Morgan fingerprint density at radius 2 is 1.87 bits per heavy atom. The standard InChI is InChI=1S/C16H14N2O4S/c1-22-14-8-6-13(7-9-14)18-23(20,21)15(11-17)10-12-4-2-3-5-16(12)19/h2-10,18-19H,1H3/b15-10+. The summed E-state index contributed by atoms with van der Waals surface area (Å²) in [5, 5.41) is 18.8. The van der Waals surface area contributed by atoms with E-state index < -0.39 is 14.9 Å². The van der Waals surface area contributed by atoms with Gasteiger partial charge in [0.05, 0.1) is 7.11 Å². The zero-order valence-electron chi connectivity index (χ0n) is 12.2. The SMILES string of the molecule is COc1ccc(NS(=O)(=O)/C(C#N)=C/c2ccccc2O)cc1. The number of ether oxygens (including phenoxy) is 1. The van der Waals surface area contributed by atoms with Gasteiger partial charge in [0.2, 0.25) is 0 Å². The number of phenolic OH excluding ortho intramolecular Hbond substituents is 1. The van der Waals surface area contributed by atoms with E-state index in [1.807, 2.05) is 0 Å². The van der Waals surface area contributed by atoms with E-state index in [2.05, 4.69) is 4.72 Å². The molecule has 0 aliphatic rings. The highest BCUT2D eigenvalue weighted by Gasteiger charge is 2.18. The largest absolute Gasteiger partial charge is 0.507 e. The molecule has 0 fully saturated rings. The van der Waals surface area contributed by atoms with E-state index >= 15 is 0 Å². The molecule has 0 unspecified atom stereocenters. The second-order valence-electron chi connectivity index (χ2n) is 4.51. The van der Waals surface area contributed by atoms with Gasteiger partial charge < -0.3 is 9.84 Å². The average molecular weight is 330 g/mol. The Bertz CT molecular complexity index is 866. The van der Waals surface area contributed by atoms with Crippen LogP contribution < -0.4 is 9.46 Å². The molecule has 0 bridgehead atoms. The summed E-state index contributed by atoms with van der Waals surface area (Å²) in [6.07, 6.45) is 1.11. The predicted molar refractivity (Wildman–Crippen MR) is 87.2 cm³/mol. The third-order valence-electron chi connectivity index (χ3n) is 2.97. The third-order valence-corrected chi connectivity index (χ3v) is 4.26. The summed E-state index contributed by atoms with van der Waals surface area (Å²) in [5.74, 6) is 0.470. The fraction of sp³-hybridized carbons (Fsp3) is 0.0625. The van der Waals surface area contributed by atoms with Crippen LogP contribution in [0.15, 0.2) is 53.4 Å². The van der Waals surface area contributed by atoms with Crippen molar-refractivity contribution in [1.29, 1.82) is 5.26 Å². The smallest absolute Gasteiger partial charge is 0.272 e. The van der Waals surface area contributed by atoms with Crippen LogP contribution in [0.4, 0.5) is 5.69 Å². The number of rotatable bonds is 5. The van der Waals surface area contributed by atoms with E-state index in [0.717, 1.165) is 6.08 Å². The molecular weight excluding hydrogens is 316 g/mol. The Morgan fingerprint density at radius 3 is 2.43 bits per heavy atom. The van der Waals surface area contributed by atoms with Crippen LogP contribution in [0, 0.1) is 11.3 Å². The van der Waals surface area contributed by atoms with Crippen LogP contribution in [0.1, 0.15) is 5.56 Å². The summed E-state index contributed by atoms with van der Waals surface area (Å²) >= 11 is 0. The molecule has 0 spiro atoms. The van der Waals surface area contributed by atoms with Gasteiger partial charge in [0.25, 0.3) is 10.0 Å². The van der Waals surface area contributed by atoms with Crippen molar-refractivity contribution in [2.45, 2.75) is 0 Å². The van der Waals surface area contributed by atoms with Gasteiger partial charge in [-0.25, -0.2) is 8.42 Å². The van der Waals surface area contributed by atoms with Gasteiger partial charge in [-0.2, -0.15) is 5.26 Å². The lowest BCUT2D eigenvalue weighted by atomic mass is 10.2. The number of nitriles is 1. The zero-order chi connectivity index (χ0) is 16.9. The van der Waals surface area contributed by atoms with Crippen LogP contribution in [0.25, 0.3) is 6.08 Å². The van der Waals surface area contributed by atoms with Crippen molar-refractivity contribution in [3.05, 3.63) is 59.0 Å². The van der Waals surface area contributed by atoms with E-state index in [4.69, 9.17) is 10.00 Å². The molecule has 0 saturated heterocycles. The minimum atomic E-state index is -4.06. The molecule has 118 valence electrons. The molecule has 0 aromatic heterocycles. The number of sulfonamides is 1. The van der Waals surface area contributed by atoms with Crippen LogP contribution in [0.5, 0.6) is 11.5 Å². The van der Waals surface area contributed by atoms with Crippen LogP contribution in [-0.4, -0.2) is 20.6 Å². The minimum absolute atomic E-state index is 0.111. The molecule has 2 rings (SSSR count). The Labute approximate surface area is 134 Å². The van der Waals surface area contributed by atoms with Gasteiger partial charge in [0.15, 0.2) is 4.91 Å². The monoisotopic (exact) mass is 330 g/mol. The molecule has 7 heteroatoms. The molecule has 0 heterocycles. The van der Waals surface area contributed by atoms with E-state index in [1.54, 1.807) is 30.3 Å². The van der Waals surface area contributed by atoms with Gasteiger partial charge in [-0.05, 0) is 36.4 Å². The molecule has 0 saturated carbocycles. The first-order valence-corrected chi connectivity index (χ1v) is 8.01. The van der Waals surface area contributed by atoms with E-state index in [1.165, 1.54) is 31.4 Å². The van der Waals surface area contributed by atoms with Crippen LogP contribution in [-0.2, 0) is 10.0 Å². The molecule has 0 aliphatic carbocycles. The molecule has 2 N–H and O–H groups in total. The lowest BCUT2D eigenvalue weighted by Gasteiger charge is -2.08. The Hall–Kier alpha value is -2.98. The van der Waals surface area contributed by atoms with E-state index in [9.17, 15) is 13.5 Å². The number of methoxy groups -OCH3 is 1. The number of nitrogens with zero attached hydrogens (tertiary/aromatic N) is 1. The number of hydrogen-bond acceptors (Lipinski definition) is 5. The topological polar surface area (TPSA) is 99.4 Å². The Kier molecular flexibility index (Phi) is 4.88. The van der Waals surface area contributed by atoms with Gasteiger partial charge in [-0.15, -0.1) is 0 Å². The summed E-state index contributed by atoms with van der Waals surface area (Å²) in [6, 6.07) is 14.0. The highest BCUT2D eigenvalue weighted by molar-refractivity contribution is 7.96. The molecule has 0 amide bonds. The molecule has 0 radical (unpaired) electrons. The van der Waals surface area contributed by atoms with E-state index in [0.29, 0.717) is 11.4 Å². The highest BCUT2D eigenvalue weighted by atomic mass is 32.2. The summed E-state index contributed by atoms with van der Waals surface area (Å²) in [5.41, 5.74) is 0.536. The summed E-state index contributed by atoms with van der Waals surface area (Å²) in [6.45, 7) is 0. The number of allylic oxidation sites excluding steroid dienone is 1. The number of aromatic hydroxyl groups is 1. The summed E-state index contributed by atoms with van der Waals surface area (Å²) < 4.78 is 31.9. The lowest BCUT2D eigenvalue weighted by Crippen LogP contribution is -2.14. The first kappa shape index (κ1) is 16.4. The quantitative estimate of drug-likeness (QED) is 0.821. The normalized spacial score (nSPS) is 11.6. The second kappa shape index (κ2) is 6.85. The molecule has 0 atom stereocenters. The van der Waals surface area contributed by atoms with Crippen molar-refractivity contribution < 1.29 is 18.3 Å². The molecule has 2 aromatic rings. The molecule has 0 aliphatic heterocycles. The Morgan fingerprint density at radius 1 is 1.22 bits per heavy atom. The number of benzene rings is 2. The summed E-state index contributed by atoms with van der Waals surface area (Å²) in [4.78, 5) is -0.505. The maximum absolute atomic E-state index is 12.3. The Balaban J connectivity index is 2.32. The fourth-order valence-electron chi connectivity index (χ4n) is 1.79. The van der Waals surface area contributed by atoms with Crippen LogP contribution in [0.3, 0.4) is 0 Å². The van der Waals surface area contributed by atoms with Gasteiger partial charge in [0.1, 0.15) is 17.6 Å². The highest BCUT2D eigenvalue weighted by Crippen LogP contribution is 2.23. The fourth-order valence-corrected chi connectivity index (χ4v) is 2.75. The number of phenols is 1. The van der Waals surface area contributed by atoms with Crippen molar-refractivity contribution in [1.82, 2.24) is 0 Å². The summed E-state index contributed by atoms with van der Waals surface area (Å²) in [7, 11) is -2.56. The third kappa shape index (κ3) is 4.02. The molecule has 23 heavy (non-hydrogen) atoms. The number of nitrogens with one attached hydrogen (secondary N) is 1. The first-order valence-electron chi connectivity index (χ1n) is 6.53. The van der Waals surface area contributed by atoms with Crippen molar-refractivity contribution >= 4 is 21.8 Å². The molecule has 6 nitrogen and oxygen atoms in total. The lowest BCUT2D eigenvalue weighted by molar-refractivity contribution is 0.415. The maximum atomic E-state index is 12.3. The zero-order valence-corrected chi connectivity index (χ0v) is 13.0. The second-order valence-corrected chi connectivity index (χ2v) is 6.16. The maximum Gasteiger partial charge on any atom is 0.272 e. The van der Waals surface area contributed by atoms with E-state index in [-0.39, 0.29) is 11.3 Å². The van der Waals surface area contributed by atoms with Crippen molar-refractivity contribution in [2.24, 2.45) is 0 Å². The van der Waals surface area contributed by atoms with Crippen LogP contribution >= 0.6 is 0 Å². The van der Waals surface area contributed by atoms with Crippen molar-refractivity contribution in [3.63, 3.8) is 0 Å². The number of para-hydroxylation sites is 1. The van der Waals surface area contributed by atoms with Gasteiger partial charge in [-0.3, -0.25) is 4.72 Å². The molecule has 2 aromatic carbocycles. The van der Waals surface area contributed by atoms with Crippen molar-refractivity contribution in [3.8, 4) is 17.6 Å². The average Bonchev–Trinajstić information content (AvgIpc) is 2.54. The minimum Gasteiger partial charge on any atom is -0.507 e. The van der Waals surface area contributed by atoms with Crippen LogP contribution in [0.2, 0.25) is 0 Å². The predicted octanol–water partition coefficient (Wildman–Crippen LogP) is 2.71. The number of anilines is 1. The van der Waals surface area contributed by atoms with Crippen molar-refractivity contribution in [2.75, 3.05) is 11.8 Å².